The number of carbonyl (C=O) groups excluding carboxylic acids is 2. The summed E-state index contributed by atoms with van der Waals surface area (Å²) in [6.07, 6.45) is 2.77. The number of halogens is 2. The Morgan fingerprint density at radius 2 is 1.62 bits per heavy atom. The number of fused-ring (bicyclic) bond motifs is 1. The minimum Gasteiger partial charge on any atom is -0.371 e. The first kappa shape index (κ1) is 22.5. The molecule has 2 aromatic carbocycles. The Kier molecular flexibility index (Phi) is 6.06. The Bertz CT molecular complexity index is 1230. The van der Waals surface area contributed by atoms with Gasteiger partial charge in [-0.3, -0.25) is 9.59 Å². The second kappa shape index (κ2) is 9.16. The molecular formula is C26H27F2N3O3. The maximum atomic E-state index is 14.2. The molecular weight excluding hydrogens is 440 g/mol. The van der Waals surface area contributed by atoms with E-state index in [4.69, 9.17) is 4.52 Å². The zero-order valence-corrected chi connectivity index (χ0v) is 19.1. The van der Waals surface area contributed by atoms with E-state index in [9.17, 15) is 18.4 Å². The molecule has 0 atom stereocenters. The highest BCUT2D eigenvalue weighted by molar-refractivity contribution is 6.03. The van der Waals surface area contributed by atoms with Crippen molar-refractivity contribution in [1.82, 2.24) is 10.1 Å². The number of amides is 1. The van der Waals surface area contributed by atoms with Crippen LogP contribution in [0.5, 0.6) is 0 Å². The lowest BCUT2D eigenvalue weighted by molar-refractivity contribution is -0.130. The lowest BCUT2D eigenvalue weighted by atomic mass is 9.87. The van der Waals surface area contributed by atoms with E-state index in [1.165, 1.54) is 24.3 Å². The van der Waals surface area contributed by atoms with E-state index in [-0.39, 0.29) is 35.2 Å². The van der Waals surface area contributed by atoms with Gasteiger partial charge >= 0.3 is 0 Å². The molecule has 1 aromatic heterocycles. The van der Waals surface area contributed by atoms with E-state index in [0.717, 1.165) is 23.9 Å². The largest absolute Gasteiger partial charge is 0.371 e. The van der Waals surface area contributed by atoms with Gasteiger partial charge in [0, 0.05) is 62.0 Å². The van der Waals surface area contributed by atoms with Gasteiger partial charge in [0.1, 0.15) is 11.6 Å². The summed E-state index contributed by atoms with van der Waals surface area (Å²) in [6.45, 7) is 3.98. The van der Waals surface area contributed by atoms with Gasteiger partial charge in [-0.05, 0) is 56.0 Å². The highest BCUT2D eigenvalue weighted by Gasteiger charge is 2.31. The third-order valence-corrected chi connectivity index (χ3v) is 7.22. The molecule has 0 N–H and O–H groups in total. The van der Waals surface area contributed by atoms with Gasteiger partial charge < -0.3 is 14.3 Å². The molecule has 0 unspecified atom stereocenters. The lowest BCUT2D eigenvalue weighted by Gasteiger charge is -2.35. The van der Waals surface area contributed by atoms with Gasteiger partial charge in [0.25, 0.3) is 0 Å². The first-order valence-electron chi connectivity index (χ1n) is 11.8. The van der Waals surface area contributed by atoms with Crippen molar-refractivity contribution in [2.75, 3.05) is 31.1 Å². The summed E-state index contributed by atoms with van der Waals surface area (Å²) in [5.41, 5.74) is 2.43. The predicted octanol–water partition coefficient (Wildman–Crippen LogP) is 4.93. The van der Waals surface area contributed by atoms with Gasteiger partial charge in [-0.1, -0.05) is 5.16 Å². The van der Waals surface area contributed by atoms with Crippen LogP contribution in [0.1, 0.15) is 54.6 Å². The number of likely N-dealkylation sites (tertiary alicyclic amines) is 1. The monoisotopic (exact) mass is 467 g/mol. The maximum Gasteiger partial charge on any atom is 0.219 e. The van der Waals surface area contributed by atoms with Crippen LogP contribution in [0.2, 0.25) is 0 Å². The van der Waals surface area contributed by atoms with Crippen LogP contribution in [-0.2, 0) is 4.79 Å². The van der Waals surface area contributed by atoms with E-state index >= 15 is 0 Å². The van der Waals surface area contributed by atoms with Crippen molar-refractivity contribution >= 4 is 28.3 Å². The molecule has 34 heavy (non-hydrogen) atoms. The molecule has 2 fully saturated rings. The van der Waals surface area contributed by atoms with Crippen molar-refractivity contribution < 1.29 is 22.9 Å². The number of hydrogen-bond donors (Lipinski definition) is 0. The van der Waals surface area contributed by atoms with Gasteiger partial charge in [0.2, 0.25) is 5.91 Å². The smallest absolute Gasteiger partial charge is 0.219 e. The predicted molar refractivity (Wildman–Crippen MR) is 124 cm³/mol. The normalized spacial score (nSPS) is 18.0. The van der Waals surface area contributed by atoms with Gasteiger partial charge in [-0.2, -0.15) is 0 Å². The summed E-state index contributed by atoms with van der Waals surface area (Å²) in [4.78, 5) is 28.8. The van der Waals surface area contributed by atoms with E-state index in [0.29, 0.717) is 55.9 Å². The molecule has 0 spiro atoms. The topological polar surface area (TPSA) is 66.7 Å². The number of ketones is 1. The summed E-state index contributed by atoms with van der Waals surface area (Å²) in [5.74, 6) is -0.707. The molecule has 3 aromatic rings. The molecule has 6 nitrogen and oxygen atoms in total. The Balaban J connectivity index is 1.31. The van der Waals surface area contributed by atoms with Crippen LogP contribution < -0.4 is 4.90 Å². The van der Waals surface area contributed by atoms with Crippen molar-refractivity contribution in [2.24, 2.45) is 5.92 Å². The van der Waals surface area contributed by atoms with E-state index in [2.05, 4.69) is 10.1 Å². The molecule has 2 saturated heterocycles. The fourth-order valence-electron chi connectivity index (χ4n) is 5.27. The maximum absolute atomic E-state index is 14.2. The standard InChI is InChI=1S/C26H27F2N3O3/c1-16(32)30-10-8-18(9-11-30)26(33)21-4-2-19(27)14-23(21)31-12-6-17(7-13-31)25-22-5-3-20(28)15-24(22)34-29-25/h2-5,14-15,17-18H,6-13H2,1H3. The highest BCUT2D eigenvalue weighted by atomic mass is 19.1. The first-order valence-corrected chi connectivity index (χ1v) is 11.8. The molecule has 0 saturated carbocycles. The molecule has 1 amide bonds. The number of benzene rings is 2. The molecule has 0 aliphatic carbocycles. The number of aromatic nitrogens is 1. The third kappa shape index (κ3) is 4.29. The van der Waals surface area contributed by atoms with Crippen LogP contribution >= 0.6 is 0 Å². The highest BCUT2D eigenvalue weighted by Crippen LogP contribution is 2.36. The van der Waals surface area contributed by atoms with Crippen LogP contribution in [0.25, 0.3) is 11.0 Å². The third-order valence-electron chi connectivity index (χ3n) is 7.22. The Hall–Kier alpha value is -3.29. The van der Waals surface area contributed by atoms with Crippen molar-refractivity contribution in [3.8, 4) is 0 Å². The fraction of sp³-hybridized carbons (Fsp3) is 0.423. The van der Waals surface area contributed by atoms with Crippen LogP contribution in [-0.4, -0.2) is 47.9 Å². The molecule has 5 rings (SSSR count). The second-order valence-corrected chi connectivity index (χ2v) is 9.28. The molecule has 8 heteroatoms. The van der Waals surface area contributed by atoms with Gasteiger partial charge in [0.05, 0.1) is 11.4 Å². The Morgan fingerprint density at radius 1 is 0.941 bits per heavy atom. The summed E-state index contributed by atoms with van der Waals surface area (Å²) in [7, 11) is 0. The van der Waals surface area contributed by atoms with Gasteiger partial charge in [-0.25, -0.2) is 8.78 Å². The molecule has 2 aliphatic rings. The molecule has 0 radical (unpaired) electrons. The summed E-state index contributed by atoms with van der Waals surface area (Å²) >= 11 is 0. The first-order chi connectivity index (χ1) is 16.4. The van der Waals surface area contributed by atoms with Crippen LogP contribution in [0.4, 0.5) is 14.5 Å². The molecule has 0 bridgehead atoms. The number of piperidine rings is 2. The lowest BCUT2D eigenvalue weighted by Crippen LogP contribution is -2.39. The van der Waals surface area contributed by atoms with Crippen molar-refractivity contribution in [1.29, 1.82) is 0 Å². The molecule has 178 valence electrons. The number of rotatable bonds is 4. The number of Topliss-reactive ketones (excluding diaryl/α,β-unsaturated/α-hetero) is 1. The van der Waals surface area contributed by atoms with Gasteiger partial charge in [-0.15, -0.1) is 0 Å². The van der Waals surface area contributed by atoms with E-state index in [1.807, 2.05) is 0 Å². The van der Waals surface area contributed by atoms with Crippen LogP contribution in [0.3, 0.4) is 0 Å². The van der Waals surface area contributed by atoms with Crippen LogP contribution in [0.15, 0.2) is 40.9 Å². The quantitative estimate of drug-likeness (QED) is 0.509. The molecule has 3 heterocycles. The van der Waals surface area contributed by atoms with Crippen LogP contribution in [0, 0.1) is 17.6 Å². The number of nitrogens with zero attached hydrogens (tertiary/aromatic N) is 3. The SMILES string of the molecule is CC(=O)N1CCC(C(=O)c2ccc(F)cc2N2CCC(c3noc4cc(F)ccc34)CC2)CC1. The van der Waals surface area contributed by atoms with E-state index < -0.39 is 0 Å². The summed E-state index contributed by atoms with van der Waals surface area (Å²) in [6, 6.07) is 8.83. The Morgan fingerprint density at radius 3 is 2.32 bits per heavy atom. The van der Waals surface area contributed by atoms with Gasteiger partial charge in [0.15, 0.2) is 11.4 Å². The fourth-order valence-corrected chi connectivity index (χ4v) is 5.27. The van der Waals surface area contributed by atoms with E-state index in [1.54, 1.807) is 24.0 Å². The van der Waals surface area contributed by atoms with Crippen molar-refractivity contribution in [3.63, 3.8) is 0 Å². The average molecular weight is 468 g/mol. The number of hydrogen-bond acceptors (Lipinski definition) is 5. The van der Waals surface area contributed by atoms with Crippen molar-refractivity contribution in [2.45, 2.75) is 38.5 Å². The zero-order chi connectivity index (χ0) is 23.8. The molecule has 2 aliphatic heterocycles. The Labute approximate surface area is 196 Å². The second-order valence-electron chi connectivity index (χ2n) is 9.28. The summed E-state index contributed by atoms with van der Waals surface area (Å²) in [5, 5.41) is 5.01. The summed E-state index contributed by atoms with van der Waals surface area (Å²) < 4.78 is 33.0. The van der Waals surface area contributed by atoms with Crippen molar-refractivity contribution in [3.05, 3.63) is 59.3 Å². The number of anilines is 1. The average Bonchev–Trinajstić information content (AvgIpc) is 3.26. The number of carbonyl (C=O) groups is 2. The zero-order valence-electron chi connectivity index (χ0n) is 19.1. The minimum atomic E-state index is -0.371. The minimum absolute atomic E-state index is 0.0184.